The third kappa shape index (κ3) is 7.63. The number of nitrogens with one attached hydrogen (secondary N) is 2. The van der Waals surface area contributed by atoms with E-state index in [4.69, 9.17) is 16.7 Å². The summed E-state index contributed by atoms with van der Waals surface area (Å²) in [7, 11) is 0. The van der Waals surface area contributed by atoms with Gasteiger partial charge in [-0.1, -0.05) is 23.7 Å². The lowest BCUT2D eigenvalue weighted by atomic mass is 10.1. The van der Waals surface area contributed by atoms with Gasteiger partial charge in [-0.3, -0.25) is 4.79 Å². The number of carboxylic acids is 1. The fraction of sp³-hybridized carbons (Fsp3) is 0.429. The summed E-state index contributed by atoms with van der Waals surface area (Å²) in [5.74, 6) is -0.808. The Labute approximate surface area is 123 Å². The molecule has 0 unspecified atom stereocenters. The van der Waals surface area contributed by atoms with Crippen molar-refractivity contribution in [3.05, 3.63) is 34.9 Å². The van der Waals surface area contributed by atoms with Gasteiger partial charge in [-0.05, 0) is 37.0 Å². The van der Waals surface area contributed by atoms with Crippen molar-refractivity contribution in [3.8, 4) is 0 Å². The van der Waals surface area contributed by atoms with E-state index in [0.717, 1.165) is 12.0 Å². The quantitative estimate of drug-likeness (QED) is 0.645. The average Bonchev–Trinajstić information content (AvgIpc) is 2.40. The molecular formula is C14H19ClN2O3. The summed E-state index contributed by atoms with van der Waals surface area (Å²) >= 11 is 5.78. The molecule has 110 valence electrons. The average molecular weight is 299 g/mol. The van der Waals surface area contributed by atoms with Crippen LogP contribution < -0.4 is 10.6 Å². The molecule has 0 heterocycles. The van der Waals surface area contributed by atoms with Gasteiger partial charge in [0.2, 0.25) is 0 Å². The Hall–Kier alpha value is -1.75. The molecule has 0 aromatic heterocycles. The molecule has 0 saturated carbocycles. The second-order valence-electron chi connectivity index (χ2n) is 4.41. The van der Waals surface area contributed by atoms with Crippen molar-refractivity contribution in [3.63, 3.8) is 0 Å². The fourth-order valence-electron chi connectivity index (χ4n) is 1.64. The van der Waals surface area contributed by atoms with Crippen LogP contribution in [0.2, 0.25) is 5.02 Å². The molecule has 20 heavy (non-hydrogen) atoms. The van der Waals surface area contributed by atoms with Crippen LogP contribution in [0.3, 0.4) is 0 Å². The van der Waals surface area contributed by atoms with E-state index in [9.17, 15) is 9.59 Å². The highest BCUT2D eigenvalue weighted by Gasteiger charge is 2.00. The zero-order valence-electron chi connectivity index (χ0n) is 11.2. The number of aliphatic carboxylic acids is 1. The number of carboxylic acid groups (broad SMARTS) is 1. The molecule has 0 spiro atoms. The van der Waals surface area contributed by atoms with Crippen molar-refractivity contribution in [2.75, 3.05) is 13.1 Å². The SMILES string of the molecule is O=C(O)CCCCNC(=O)NCCc1ccc(Cl)cc1. The van der Waals surface area contributed by atoms with Gasteiger partial charge in [0.05, 0.1) is 0 Å². The second kappa shape index (κ2) is 9.20. The van der Waals surface area contributed by atoms with E-state index in [1.807, 2.05) is 24.3 Å². The first-order chi connectivity index (χ1) is 9.58. The maximum atomic E-state index is 11.4. The van der Waals surface area contributed by atoms with Crippen molar-refractivity contribution in [1.82, 2.24) is 10.6 Å². The number of unbranched alkanes of at least 4 members (excludes halogenated alkanes) is 1. The molecule has 0 radical (unpaired) electrons. The summed E-state index contributed by atoms with van der Waals surface area (Å²) in [4.78, 5) is 21.7. The number of halogens is 1. The molecule has 6 heteroatoms. The normalized spacial score (nSPS) is 10.1. The Morgan fingerprint density at radius 3 is 2.35 bits per heavy atom. The Balaban J connectivity index is 2.05. The van der Waals surface area contributed by atoms with Gasteiger partial charge >= 0.3 is 12.0 Å². The zero-order chi connectivity index (χ0) is 14.8. The largest absolute Gasteiger partial charge is 0.481 e. The highest BCUT2D eigenvalue weighted by atomic mass is 35.5. The number of carbonyl (C=O) groups is 2. The molecule has 1 aromatic rings. The molecule has 2 amide bonds. The molecule has 3 N–H and O–H groups in total. The number of amides is 2. The summed E-state index contributed by atoms with van der Waals surface area (Å²) in [5, 5.41) is 14.6. The number of benzene rings is 1. The van der Waals surface area contributed by atoms with E-state index in [0.29, 0.717) is 31.0 Å². The van der Waals surface area contributed by atoms with Crippen LogP contribution in [0, 0.1) is 0 Å². The number of rotatable bonds is 8. The molecule has 0 aliphatic carbocycles. The summed E-state index contributed by atoms with van der Waals surface area (Å²) in [5.41, 5.74) is 1.11. The Morgan fingerprint density at radius 2 is 1.70 bits per heavy atom. The van der Waals surface area contributed by atoms with Crippen molar-refractivity contribution >= 4 is 23.6 Å². The van der Waals surface area contributed by atoms with E-state index in [2.05, 4.69) is 10.6 Å². The molecule has 1 rings (SSSR count). The maximum Gasteiger partial charge on any atom is 0.314 e. The molecule has 0 bridgehead atoms. The smallest absolute Gasteiger partial charge is 0.314 e. The summed E-state index contributed by atoms with van der Waals surface area (Å²) in [6.45, 7) is 1.03. The van der Waals surface area contributed by atoms with Gasteiger partial charge in [0.25, 0.3) is 0 Å². The third-order valence-electron chi connectivity index (χ3n) is 2.72. The van der Waals surface area contributed by atoms with Crippen molar-refractivity contribution in [1.29, 1.82) is 0 Å². The van der Waals surface area contributed by atoms with Crippen molar-refractivity contribution in [2.45, 2.75) is 25.7 Å². The first-order valence-corrected chi connectivity index (χ1v) is 6.93. The van der Waals surface area contributed by atoms with Crippen LogP contribution in [0.25, 0.3) is 0 Å². The Kier molecular flexibility index (Phi) is 7.50. The highest BCUT2D eigenvalue weighted by Crippen LogP contribution is 2.09. The van der Waals surface area contributed by atoms with Crippen LogP contribution in [0.15, 0.2) is 24.3 Å². The van der Waals surface area contributed by atoms with Gasteiger partial charge in [-0.2, -0.15) is 0 Å². The van der Waals surface area contributed by atoms with E-state index < -0.39 is 5.97 Å². The lowest BCUT2D eigenvalue weighted by Gasteiger charge is -2.07. The monoisotopic (exact) mass is 298 g/mol. The van der Waals surface area contributed by atoms with E-state index in [1.165, 1.54) is 0 Å². The maximum absolute atomic E-state index is 11.4. The summed E-state index contributed by atoms with van der Waals surface area (Å²) in [6.07, 6.45) is 2.11. The van der Waals surface area contributed by atoms with Crippen LogP contribution in [-0.4, -0.2) is 30.2 Å². The van der Waals surface area contributed by atoms with Gasteiger partial charge in [0.15, 0.2) is 0 Å². The van der Waals surface area contributed by atoms with Crippen molar-refractivity contribution < 1.29 is 14.7 Å². The minimum Gasteiger partial charge on any atom is -0.481 e. The minimum absolute atomic E-state index is 0.139. The molecule has 0 saturated heterocycles. The molecule has 1 aromatic carbocycles. The zero-order valence-corrected chi connectivity index (χ0v) is 11.9. The van der Waals surface area contributed by atoms with E-state index >= 15 is 0 Å². The standard InChI is InChI=1S/C14H19ClN2O3/c15-12-6-4-11(5-7-12)8-10-17-14(20)16-9-2-1-3-13(18)19/h4-7H,1-3,8-10H2,(H,18,19)(H2,16,17,20). The van der Waals surface area contributed by atoms with Gasteiger partial charge in [-0.25, -0.2) is 4.79 Å². The highest BCUT2D eigenvalue weighted by molar-refractivity contribution is 6.30. The van der Waals surface area contributed by atoms with Crippen LogP contribution in [-0.2, 0) is 11.2 Å². The molecule has 0 atom stereocenters. The molecule has 0 fully saturated rings. The molecule has 0 aliphatic heterocycles. The lowest BCUT2D eigenvalue weighted by molar-refractivity contribution is -0.137. The van der Waals surface area contributed by atoms with Gasteiger partial charge in [0, 0.05) is 24.5 Å². The number of carbonyl (C=O) groups excluding carboxylic acids is 1. The Morgan fingerprint density at radius 1 is 1.05 bits per heavy atom. The van der Waals surface area contributed by atoms with E-state index in [1.54, 1.807) is 0 Å². The first-order valence-electron chi connectivity index (χ1n) is 6.56. The minimum atomic E-state index is -0.808. The van der Waals surface area contributed by atoms with Crippen LogP contribution in [0.1, 0.15) is 24.8 Å². The summed E-state index contributed by atoms with van der Waals surface area (Å²) < 4.78 is 0. The van der Waals surface area contributed by atoms with Crippen LogP contribution in [0.4, 0.5) is 4.79 Å². The van der Waals surface area contributed by atoms with Crippen LogP contribution in [0.5, 0.6) is 0 Å². The Bertz CT molecular complexity index is 435. The topological polar surface area (TPSA) is 78.4 Å². The van der Waals surface area contributed by atoms with Crippen molar-refractivity contribution in [2.24, 2.45) is 0 Å². The lowest BCUT2D eigenvalue weighted by Crippen LogP contribution is -2.37. The number of urea groups is 1. The fourth-order valence-corrected chi connectivity index (χ4v) is 1.76. The second-order valence-corrected chi connectivity index (χ2v) is 4.85. The van der Waals surface area contributed by atoms with Gasteiger partial charge < -0.3 is 15.7 Å². The van der Waals surface area contributed by atoms with Crippen LogP contribution >= 0.6 is 11.6 Å². The van der Waals surface area contributed by atoms with Gasteiger partial charge in [-0.15, -0.1) is 0 Å². The molecule has 5 nitrogen and oxygen atoms in total. The first kappa shape index (κ1) is 16.3. The number of hydrogen-bond donors (Lipinski definition) is 3. The predicted octanol–water partition coefficient (Wildman–Crippen LogP) is 2.44. The van der Waals surface area contributed by atoms with E-state index in [-0.39, 0.29) is 12.5 Å². The third-order valence-corrected chi connectivity index (χ3v) is 2.97. The van der Waals surface area contributed by atoms with Gasteiger partial charge in [0.1, 0.15) is 0 Å². The molecule has 0 aliphatic rings. The number of hydrogen-bond acceptors (Lipinski definition) is 2. The summed E-state index contributed by atoms with van der Waals surface area (Å²) in [6, 6.07) is 7.26. The molecular weight excluding hydrogens is 280 g/mol. The predicted molar refractivity (Wildman–Crippen MR) is 78.0 cm³/mol.